The summed E-state index contributed by atoms with van der Waals surface area (Å²) in [5.41, 5.74) is 0.00418. The number of carbonyl (C=O) groups excluding carboxylic acids is 1. The number of carbonyl (C=O) groups is 1. The normalized spacial score (nSPS) is 12.4. The summed E-state index contributed by atoms with van der Waals surface area (Å²) in [7, 11) is -4.02. The molecular weight excluding hydrogens is 339 g/mol. The predicted octanol–water partition coefficient (Wildman–Crippen LogP) is 2.53. The number of nitro benzene ring substituents is 1. The highest BCUT2D eigenvalue weighted by Gasteiger charge is 2.30. The lowest BCUT2D eigenvalue weighted by molar-refractivity contribution is -0.384. The van der Waals surface area contributed by atoms with Crippen LogP contribution in [-0.2, 0) is 14.6 Å². The Morgan fingerprint density at radius 1 is 1.12 bits per heavy atom. The number of anilines is 1. The summed E-state index contributed by atoms with van der Waals surface area (Å²) in [6.45, 7) is 1.20. The molecule has 7 nitrogen and oxygen atoms in total. The fraction of sp³-hybridized carbons (Fsp3) is 0.133. The Hall–Kier alpha value is -2.81. The number of nitro groups is 1. The van der Waals surface area contributed by atoms with Gasteiger partial charge in [0.05, 0.1) is 9.82 Å². The second-order valence-corrected chi connectivity index (χ2v) is 7.20. The van der Waals surface area contributed by atoms with Crippen LogP contribution >= 0.6 is 0 Å². The van der Waals surface area contributed by atoms with Gasteiger partial charge in [-0.1, -0.05) is 0 Å². The molecule has 9 heteroatoms. The maximum atomic E-state index is 12.8. The fourth-order valence-electron chi connectivity index (χ4n) is 1.88. The minimum absolute atomic E-state index is 0.199. The Labute approximate surface area is 137 Å². The van der Waals surface area contributed by atoms with Gasteiger partial charge in [0, 0.05) is 17.8 Å². The van der Waals surface area contributed by atoms with Crippen LogP contribution in [0.4, 0.5) is 15.8 Å². The van der Waals surface area contributed by atoms with E-state index in [2.05, 4.69) is 5.32 Å². The molecule has 2 aromatic carbocycles. The minimum Gasteiger partial charge on any atom is -0.325 e. The van der Waals surface area contributed by atoms with Crippen LogP contribution in [0.25, 0.3) is 0 Å². The number of nitrogens with zero attached hydrogens (tertiary/aromatic N) is 1. The highest BCUT2D eigenvalue weighted by molar-refractivity contribution is 7.92. The number of halogens is 1. The summed E-state index contributed by atoms with van der Waals surface area (Å²) in [5, 5.41) is 11.6. The molecule has 0 spiro atoms. The van der Waals surface area contributed by atoms with E-state index in [-0.39, 0.29) is 16.3 Å². The lowest BCUT2D eigenvalue weighted by Crippen LogP contribution is -2.32. The first kappa shape index (κ1) is 17.5. The Kier molecular flexibility index (Phi) is 4.93. The van der Waals surface area contributed by atoms with Gasteiger partial charge in [0.15, 0.2) is 9.84 Å². The highest BCUT2D eigenvalue weighted by atomic mass is 32.2. The molecule has 1 N–H and O–H groups in total. The summed E-state index contributed by atoms with van der Waals surface area (Å²) in [6.07, 6.45) is 0. The predicted molar refractivity (Wildman–Crippen MR) is 84.8 cm³/mol. The molecule has 0 heterocycles. The molecule has 0 fully saturated rings. The first-order chi connectivity index (χ1) is 11.2. The molecule has 24 heavy (non-hydrogen) atoms. The molecule has 0 saturated carbocycles. The first-order valence-electron chi connectivity index (χ1n) is 6.76. The molecule has 1 amide bonds. The molecule has 1 atom stereocenters. The van der Waals surface area contributed by atoms with Gasteiger partial charge in [-0.05, 0) is 43.3 Å². The van der Waals surface area contributed by atoms with Gasteiger partial charge in [-0.3, -0.25) is 14.9 Å². The highest BCUT2D eigenvalue weighted by Crippen LogP contribution is 2.21. The van der Waals surface area contributed by atoms with Crippen molar-refractivity contribution in [2.24, 2.45) is 0 Å². The maximum Gasteiger partial charge on any atom is 0.269 e. The molecule has 0 aliphatic carbocycles. The van der Waals surface area contributed by atoms with Gasteiger partial charge in [0.25, 0.3) is 5.69 Å². The zero-order valence-corrected chi connectivity index (χ0v) is 13.3. The average Bonchev–Trinajstić information content (AvgIpc) is 2.56. The summed E-state index contributed by atoms with van der Waals surface area (Å²) in [6, 6.07) is 9.13. The van der Waals surface area contributed by atoms with Crippen LogP contribution in [0.3, 0.4) is 0 Å². The van der Waals surface area contributed by atoms with E-state index in [1.54, 1.807) is 0 Å². The van der Waals surface area contributed by atoms with Crippen molar-refractivity contribution in [3.63, 3.8) is 0 Å². The Morgan fingerprint density at radius 2 is 1.67 bits per heavy atom. The van der Waals surface area contributed by atoms with Crippen LogP contribution < -0.4 is 5.32 Å². The molecule has 0 radical (unpaired) electrons. The number of hydrogen-bond acceptors (Lipinski definition) is 5. The van der Waals surface area contributed by atoms with Gasteiger partial charge >= 0.3 is 0 Å². The SMILES string of the molecule is C[C@H](C(=O)Nc1ccc(F)cc1)S(=O)(=O)c1ccc([N+](=O)[O-])cc1. The number of benzene rings is 2. The third-order valence-corrected chi connectivity index (χ3v) is 5.40. The first-order valence-corrected chi connectivity index (χ1v) is 8.31. The van der Waals surface area contributed by atoms with Gasteiger partial charge in [0.2, 0.25) is 5.91 Å². The number of hydrogen-bond donors (Lipinski definition) is 1. The largest absolute Gasteiger partial charge is 0.325 e. The van der Waals surface area contributed by atoms with E-state index < -0.39 is 31.7 Å². The topological polar surface area (TPSA) is 106 Å². The molecule has 0 aromatic heterocycles. The average molecular weight is 352 g/mol. The van der Waals surface area contributed by atoms with Gasteiger partial charge < -0.3 is 5.32 Å². The number of amides is 1. The standard InChI is InChI=1S/C15H13FN2O5S/c1-10(15(19)17-12-4-2-11(16)3-5-12)24(22,23)14-8-6-13(7-9-14)18(20)21/h2-10H,1H3,(H,17,19)/t10-/m1/s1. The number of nitrogens with one attached hydrogen (secondary N) is 1. The van der Waals surface area contributed by atoms with Crippen LogP contribution in [0, 0.1) is 15.9 Å². The van der Waals surface area contributed by atoms with E-state index in [4.69, 9.17) is 0 Å². The van der Waals surface area contributed by atoms with Crippen LogP contribution in [0.2, 0.25) is 0 Å². The van der Waals surface area contributed by atoms with Crippen LogP contribution in [0.15, 0.2) is 53.4 Å². The number of non-ortho nitro benzene ring substituents is 1. The van der Waals surface area contributed by atoms with Crippen molar-refractivity contribution in [1.82, 2.24) is 0 Å². The van der Waals surface area contributed by atoms with E-state index in [1.807, 2.05) is 0 Å². The molecule has 0 aliphatic rings. The Balaban J connectivity index is 2.19. The Bertz CT molecular complexity index is 864. The van der Waals surface area contributed by atoms with Crippen molar-refractivity contribution < 1.29 is 22.5 Å². The summed E-state index contributed by atoms with van der Waals surface area (Å²) >= 11 is 0. The fourth-order valence-corrected chi connectivity index (χ4v) is 3.14. The van der Waals surface area contributed by atoms with Crippen molar-refractivity contribution in [3.8, 4) is 0 Å². The summed E-state index contributed by atoms with van der Waals surface area (Å²) in [4.78, 5) is 21.8. The monoisotopic (exact) mass is 352 g/mol. The van der Waals surface area contributed by atoms with Crippen molar-refractivity contribution in [2.45, 2.75) is 17.1 Å². The zero-order chi connectivity index (χ0) is 17.9. The molecule has 126 valence electrons. The number of sulfone groups is 1. The lowest BCUT2D eigenvalue weighted by Gasteiger charge is -2.13. The Morgan fingerprint density at radius 3 is 2.17 bits per heavy atom. The summed E-state index contributed by atoms with van der Waals surface area (Å²) in [5.74, 6) is -1.28. The molecular formula is C15H13FN2O5S. The lowest BCUT2D eigenvalue weighted by atomic mass is 10.3. The minimum atomic E-state index is -4.02. The molecule has 2 aromatic rings. The van der Waals surface area contributed by atoms with Gasteiger partial charge in [-0.15, -0.1) is 0 Å². The third kappa shape index (κ3) is 3.74. The van der Waals surface area contributed by atoms with Crippen LogP contribution in [-0.4, -0.2) is 24.5 Å². The van der Waals surface area contributed by atoms with Crippen molar-refractivity contribution in [3.05, 3.63) is 64.5 Å². The second kappa shape index (κ2) is 6.75. The quantitative estimate of drug-likeness (QED) is 0.657. The van der Waals surface area contributed by atoms with E-state index in [9.17, 15) is 27.7 Å². The van der Waals surface area contributed by atoms with Crippen molar-refractivity contribution in [1.29, 1.82) is 0 Å². The van der Waals surface area contributed by atoms with E-state index in [0.717, 1.165) is 36.4 Å². The van der Waals surface area contributed by atoms with Gasteiger partial charge in [-0.2, -0.15) is 0 Å². The van der Waals surface area contributed by atoms with E-state index in [0.29, 0.717) is 0 Å². The maximum absolute atomic E-state index is 12.8. The van der Waals surface area contributed by atoms with E-state index in [1.165, 1.54) is 19.1 Å². The molecule has 0 unspecified atom stereocenters. The molecule has 0 bridgehead atoms. The third-order valence-electron chi connectivity index (χ3n) is 3.32. The zero-order valence-electron chi connectivity index (χ0n) is 12.5. The van der Waals surface area contributed by atoms with E-state index >= 15 is 0 Å². The molecule has 2 rings (SSSR count). The van der Waals surface area contributed by atoms with Crippen LogP contribution in [0.1, 0.15) is 6.92 Å². The number of rotatable bonds is 5. The smallest absolute Gasteiger partial charge is 0.269 e. The van der Waals surface area contributed by atoms with Crippen molar-refractivity contribution >= 4 is 27.1 Å². The molecule has 0 aliphatic heterocycles. The van der Waals surface area contributed by atoms with Gasteiger partial charge in [0.1, 0.15) is 11.1 Å². The molecule has 0 saturated heterocycles. The van der Waals surface area contributed by atoms with Crippen LogP contribution in [0.5, 0.6) is 0 Å². The second-order valence-electron chi connectivity index (χ2n) is 4.93. The van der Waals surface area contributed by atoms with Crippen molar-refractivity contribution in [2.75, 3.05) is 5.32 Å². The van der Waals surface area contributed by atoms with Gasteiger partial charge in [-0.25, -0.2) is 12.8 Å². The summed E-state index contributed by atoms with van der Waals surface area (Å²) < 4.78 is 37.6.